The molecule has 2 aromatic rings. The number of nitro benzene ring substituents is 2. The van der Waals surface area contributed by atoms with Crippen LogP contribution in [0.2, 0.25) is 5.02 Å². The van der Waals surface area contributed by atoms with E-state index in [1.807, 2.05) is 18.9 Å². The summed E-state index contributed by atoms with van der Waals surface area (Å²) in [5.41, 5.74) is -0.495. The van der Waals surface area contributed by atoms with Gasteiger partial charge in [0.15, 0.2) is 5.69 Å². The Balaban J connectivity index is 2.65. The van der Waals surface area contributed by atoms with Gasteiger partial charge >= 0.3 is 5.69 Å². The number of hydrogen-bond donors (Lipinski definition) is 1. The lowest BCUT2D eigenvalue weighted by molar-refractivity contribution is -0.393. The molecule has 31 heavy (non-hydrogen) atoms. The number of benzene rings is 2. The quantitative estimate of drug-likeness (QED) is 0.337. The molecule has 1 amide bonds. The Morgan fingerprint density at radius 1 is 1.19 bits per heavy atom. The molecule has 1 N–H and O–H groups in total. The average molecular weight is 451 g/mol. The molecule has 0 aliphatic rings. The number of halogens is 1. The van der Waals surface area contributed by atoms with Gasteiger partial charge in [-0.3, -0.25) is 25.0 Å². The molecule has 0 unspecified atom stereocenters. The van der Waals surface area contributed by atoms with Crippen LogP contribution in [0, 0.1) is 20.2 Å². The molecule has 164 valence electrons. The number of hydrogen-bond acceptors (Lipinski definition) is 9. The maximum Gasteiger partial charge on any atom is 0.305 e. The van der Waals surface area contributed by atoms with Crippen LogP contribution in [0.5, 0.6) is 5.75 Å². The topological polar surface area (TPSA) is 153 Å². The second-order valence-electron chi connectivity index (χ2n) is 6.25. The van der Waals surface area contributed by atoms with Gasteiger partial charge in [-0.05, 0) is 13.0 Å². The van der Waals surface area contributed by atoms with Gasteiger partial charge in [-0.25, -0.2) is 0 Å². The number of azo groups is 1. The molecule has 0 radical (unpaired) electrons. The highest BCUT2D eigenvalue weighted by Crippen LogP contribution is 2.42. The number of non-ortho nitro benzene ring substituents is 1. The summed E-state index contributed by atoms with van der Waals surface area (Å²) in [4.78, 5) is 34.2. The van der Waals surface area contributed by atoms with Gasteiger partial charge in [-0.15, -0.1) is 10.2 Å². The smallest absolute Gasteiger partial charge is 0.305 e. The molecule has 0 aliphatic heterocycles. The minimum absolute atomic E-state index is 0.143. The number of rotatable bonds is 8. The van der Waals surface area contributed by atoms with Crippen molar-refractivity contribution in [3.05, 3.63) is 49.5 Å². The number of anilines is 2. The molecule has 0 heterocycles. The number of nitrogens with zero attached hydrogens (tertiary/aromatic N) is 5. The van der Waals surface area contributed by atoms with Crippen molar-refractivity contribution in [1.82, 2.24) is 0 Å². The van der Waals surface area contributed by atoms with Gasteiger partial charge in [-0.1, -0.05) is 11.6 Å². The molecule has 2 aromatic carbocycles. The van der Waals surface area contributed by atoms with E-state index in [0.29, 0.717) is 18.0 Å². The first-order chi connectivity index (χ1) is 14.6. The van der Waals surface area contributed by atoms with Crippen molar-refractivity contribution in [2.75, 3.05) is 30.9 Å². The highest BCUT2D eigenvalue weighted by atomic mass is 35.5. The summed E-state index contributed by atoms with van der Waals surface area (Å²) in [6.45, 7) is 3.90. The van der Waals surface area contributed by atoms with E-state index in [2.05, 4.69) is 15.5 Å². The van der Waals surface area contributed by atoms with E-state index >= 15 is 0 Å². The standard InChI is InChI=1S/C18H19ClN6O6/c1-5-23(3)15-8-13(20-10(2)26)14(9-17(15)31-4)21-22-18-12(19)6-11(24(27)28)7-16(18)25(29)30/h6-9H,5H2,1-4H3,(H,20,26). The third-order valence-electron chi connectivity index (χ3n) is 4.19. The molecule has 0 fully saturated rings. The number of methoxy groups -OCH3 is 1. The monoisotopic (exact) mass is 450 g/mol. The van der Waals surface area contributed by atoms with Crippen LogP contribution in [0.1, 0.15) is 13.8 Å². The highest BCUT2D eigenvalue weighted by Gasteiger charge is 2.24. The Kier molecular flexibility index (Phi) is 7.42. The molecular formula is C18H19ClN6O6. The fourth-order valence-electron chi connectivity index (χ4n) is 2.58. The number of nitro groups is 2. The molecule has 0 saturated heterocycles. The maximum atomic E-state index is 11.6. The molecule has 0 bridgehead atoms. The van der Waals surface area contributed by atoms with E-state index in [1.54, 1.807) is 6.07 Å². The Hall–Kier alpha value is -3.80. The number of ether oxygens (including phenoxy) is 1. The zero-order valence-corrected chi connectivity index (χ0v) is 17.8. The van der Waals surface area contributed by atoms with Gasteiger partial charge in [0.2, 0.25) is 5.91 Å². The van der Waals surface area contributed by atoms with Crippen LogP contribution in [0.3, 0.4) is 0 Å². The fraction of sp³-hybridized carbons (Fsp3) is 0.278. The van der Waals surface area contributed by atoms with Crippen LogP contribution in [-0.4, -0.2) is 36.5 Å². The normalized spacial score (nSPS) is 10.7. The van der Waals surface area contributed by atoms with E-state index in [1.165, 1.54) is 20.1 Å². The number of amides is 1. The van der Waals surface area contributed by atoms with E-state index in [9.17, 15) is 25.0 Å². The Morgan fingerprint density at radius 2 is 1.87 bits per heavy atom. The molecule has 0 spiro atoms. The van der Waals surface area contributed by atoms with Gasteiger partial charge in [-0.2, -0.15) is 0 Å². The molecular weight excluding hydrogens is 432 g/mol. The second kappa shape index (κ2) is 9.80. The summed E-state index contributed by atoms with van der Waals surface area (Å²) < 4.78 is 5.38. The molecule has 13 heteroatoms. The van der Waals surface area contributed by atoms with Gasteiger partial charge in [0.05, 0.1) is 39.4 Å². The summed E-state index contributed by atoms with van der Waals surface area (Å²) >= 11 is 5.99. The molecule has 12 nitrogen and oxygen atoms in total. The molecule has 0 atom stereocenters. The number of carbonyl (C=O) groups excluding carboxylic acids is 1. The van der Waals surface area contributed by atoms with Crippen LogP contribution >= 0.6 is 11.6 Å². The highest BCUT2D eigenvalue weighted by molar-refractivity contribution is 6.33. The van der Waals surface area contributed by atoms with Crippen molar-refractivity contribution in [3.63, 3.8) is 0 Å². The minimum Gasteiger partial charge on any atom is -0.494 e. The number of carbonyl (C=O) groups is 1. The zero-order valence-electron chi connectivity index (χ0n) is 17.1. The Labute approximate surface area is 181 Å². The minimum atomic E-state index is -0.845. The van der Waals surface area contributed by atoms with Gasteiger partial charge in [0, 0.05) is 32.6 Å². The van der Waals surface area contributed by atoms with Crippen molar-refractivity contribution in [1.29, 1.82) is 0 Å². The third-order valence-corrected chi connectivity index (χ3v) is 4.47. The van der Waals surface area contributed by atoms with Crippen LogP contribution in [0.4, 0.5) is 34.1 Å². The van der Waals surface area contributed by atoms with Gasteiger partial charge in [0.25, 0.3) is 5.69 Å². The maximum absolute atomic E-state index is 11.6. The first kappa shape index (κ1) is 23.5. The summed E-state index contributed by atoms with van der Waals surface area (Å²) in [6, 6.07) is 4.82. The molecule has 0 aromatic heterocycles. The zero-order chi connectivity index (χ0) is 23.3. The largest absolute Gasteiger partial charge is 0.494 e. The van der Waals surface area contributed by atoms with Crippen molar-refractivity contribution >= 4 is 51.6 Å². The molecule has 2 rings (SSSR count). The SMILES string of the molecule is CCN(C)c1cc(NC(C)=O)c(N=Nc2c(Cl)cc([N+](=O)[O-])cc2[N+](=O)[O-])cc1OC. The first-order valence-corrected chi connectivity index (χ1v) is 9.21. The van der Waals surface area contributed by atoms with Crippen LogP contribution in [-0.2, 0) is 4.79 Å². The van der Waals surface area contributed by atoms with Crippen LogP contribution in [0.15, 0.2) is 34.5 Å². The van der Waals surface area contributed by atoms with E-state index in [4.69, 9.17) is 16.3 Å². The third kappa shape index (κ3) is 5.42. The van der Waals surface area contributed by atoms with E-state index in [0.717, 1.165) is 12.1 Å². The first-order valence-electron chi connectivity index (χ1n) is 8.83. The predicted octanol–water partition coefficient (Wildman–Crippen LogP) is 4.99. The number of nitrogens with one attached hydrogen (secondary N) is 1. The summed E-state index contributed by atoms with van der Waals surface area (Å²) in [6.07, 6.45) is 0. The lowest BCUT2D eigenvalue weighted by Crippen LogP contribution is -2.17. The molecule has 0 aliphatic carbocycles. The van der Waals surface area contributed by atoms with Gasteiger partial charge in [0.1, 0.15) is 11.4 Å². The summed E-state index contributed by atoms with van der Waals surface area (Å²) in [5, 5.41) is 32.5. The molecule has 0 saturated carbocycles. The summed E-state index contributed by atoms with van der Waals surface area (Å²) in [5.74, 6) is 0.0581. The average Bonchev–Trinajstić information content (AvgIpc) is 2.71. The van der Waals surface area contributed by atoms with E-state index < -0.39 is 21.2 Å². The predicted molar refractivity (Wildman–Crippen MR) is 115 cm³/mol. The Morgan fingerprint density at radius 3 is 2.39 bits per heavy atom. The summed E-state index contributed by atoms with van der Waals surface area (Å²) in [7, 11) is 3.29. The lowest BCUT2D eigenvalue weighted by Gasteiger charge is -2.21. The van der Waals surface area contributed by atoms with Crippen molar-refractivity contribution in [2.24, 2.45) is 10.2 Å². The van der Waals surface area contributed by atoms with E-state index in [-0.39, 0.29) is 28.0 Å². The van der Waals surface area contributed by atoms with Gasteiger partial charge < -0.3 is 15.0 Å². The second-order valence-corrected chi connectivity index (χ2v) is 6.65. The Bertz CT molecular complexity index is 1070. The van der Waals surface area contributed by atoms with Crippen molar-refractivity contribution in [2.45, 2.75) is 13.8 Å². The van der Waals surface area contributed by atoms with Crippen molar-refractivity contribution < 1.29 is 19.4 Å². The van der Waals surface area contributed by atoms with Crippen LogP contribution < -0.4 is 15.0 Å². The van der Waals surface area contributed by atoms with Crippen molar-refractivity contribution in [3.8, 4) is 5.75 Å². The van der Waals surface area contributed by atoms with Crippen LogP contribution in [0.25, 0.3) is 0 Å². The lowest BCUT2D eigenvalue weighted by atomic mass is 10.2. The fourth-order valence-corrected chi connectivity index (χ4v) is 2.83.